The Labute approximate surface area is 147 Å². The minimum atomic E-state index is -0.230. The van der Waals surface area contributed by atoms with Crippen LogP contribution >= 0.6 is 0 Å². The van der Waals surface area contributed by atoms with Crippen molar-refractivity contribution >= 4 is 11.0 Å². The van der Waals surface area contributed by atoms with Gasteiger partial charge in [0.25, 0.3) is 0 Å². The van der Waals surface area contributed by atoms with E-state index in [4.69, 9.17) is 4.42 Å². The Morgan fingerprint density at radius 1 is 0.800 bits per heavy atom. The average molecular weight is 328 g/mol. The zero-order chi connectivity index (χ0) is 17.4. The molecule has 0 spiro atoms. The smallest absolute Gasteiger partial charge is 0.138 e. The molecule has 0 saturated carbocycles. The number of phenols is 1. The molecule has 4 rings (SSSR count). The van der Waals surface area contributed by atoms with Gasteiger partial charge in [-0.25, -0.2) is 0 Å². The molecule has 2 heteroatoms. The Hall–Kier alpha value is -3.00. The van der Waals surface area contributed by atoms with Crippen LogP contribution in [0.1, 0.15) is 25.0 Å². The molecule has 124 valence electrons. The number of fused-ring (bicyclic) bond motifs is 1. The molecule has 25 heavy (non-hydrogen) atoms. The van der Waals surface area contributed by atoms with E-state index in [-0.39, 0.29) is 11.2 Å². The summed E-state index contributed by atoms with van der Waals surface area (Å²) in [7, 11) is 0. The Morgan fingerprint density at radius 3 is 2.12 bits per heavy atom. The molecule has 1 aromatic heterocycles. The van der Waals surface area contributed by atoms with Crippen molar-refractivity contribution in [2.45, 2.75) is 19.3 Å². The monoisotopic (exact) mass is 328 g/mol. The standard InChI is InChI=1S/C23H20O2/c1-23(2,17-11-7-4-8-12-17)18-13-20(24)22-19(15-25-21(22)14-18)16-9-5-3-6-10-16/h3-15,24H,1-2H3. The maximum atomic E-state index is 10.7. The molecule has 0 bridgehead atoms. The molecule has 1 heterocycles. The van der Waals surface area contributed by atoms with Crippen molar-refractivity contribution in [2.75, 3.05) is 0 Å². The minimum Gasteiger partial charge on any atom is -0.507 e. The predicted molar refractivity (Wildman–Crippen MR) is 102 cm³/mol. The maximum Gasteiger partial charge on any atom is 0.138 e. The fourth-order valence-corrected chi connectivity index (χ4v) is 3.36. The van der Waals surface area contributed by atoms with E-state index in [1.54, 1.807) is 6.26 Å². The van der Waals surface area contributed by atoms with Crippen LogP contribution < -0.4 is 0 Å². The summed E-state index contributed by atoms with van der Waals surface area (Å²) < 4.78 is 5.80. The second-order valence-electron chi connectivity index (χ2n) is 6.87. The van der Waals surface area contributed by atoms with Crippen LogP contribution in [-0.4, -0.2) is 5.11 Å². The van der Waals surface area contributed by atoms with E-state index in [1.807, 2.05) is 60.7 Å². The first kappa shape index (κ1) is 15.5. The number of hydrogen-bond donors (Lipinski definition) is 1. The Kier molecular flexibility index (Phi) is 3.61. The summed E-state index contributed by atoms with van der Waals surface area (Å²) in [4.78, 5) is 0. The van der Waals surface area contributed by atoms with Gasteiger partial charge in [0.1, 0.15) is 11.3 Å². The highest BCUT2D eigenvalue weighted by atomic mass is 16.3. The molecule has 2 nitrogen and oxygen atoms in total. The molecular formula is C23H20O2. The van der Waals surface area contributed by atoms with Crippen molar-refractivity contribution < 1.29 is 9.52 Å². The van der Waals surface area contributed by atoms with Crippen molar-refractivity contribution in [3.63, 3.8) is 0 Å². The summed E-state index contributed by atoms with van der Waals surface area (Å²) in [6.45, 7) is 4.31. The van der Waals surface area contributed by atoms with Crippen molar-refractivity contribution in [2.24, 2.45) is 0 Å². The van der Waals surface area contributed by atoms with Gasteiger partial charge in [0, 0.05) is 11.0 Å². The molecule has 3 aromatic carbocycles. The van der Waals surface area contributed by atoms with E-state index in [0.717, 1.165) is 22.1 Å². The summed E-state index contributed by atoms with van der Waals surface area (Å²) in [5.41, 5.74) is 4.65. The molecule has 4 aromatic rings. The maximum absolute atomic E-state index is 10.7. The van der Waals surface area contributed by atoms with E-state index >= 15 is 0 Å². The average Bonchev–Trinajstić information content (AvgIpc) is 3.08. The SMILES string of the molecule is CC(C)(c1ccccc1)c1cc(O)c2c(-c3ccccc3)coc2c1. The fourth-order valence-electron chi connectivity index (χ4n) is 3.36. The van der Waals surface area contributed by atoms with Crippen LogP contribution in [0.5, 0.6) is 5.75 Å². The highest BCUT2D eigenvalue weighted by molar-refractivity contribution is 5.98. The Morgan fingerprint density at radius 2 is 1.44 bits per heavy atom. The number of benzene rings is 3. The molecule has 0 fully saturated rings. The lowest BCUT2D eigenvalue weighted by atomic mass is 9.78. The van der Waals surface area contributed by atoms with Crippen LogP contribution in [0, 0.1) is 0 Å². The van der Waals surface area contributed by atoms with Crippen molar-refractivity contribution in [1.29, 1.82) is 0 Å². The summed E-state index contributed by atoms with van der Waals surface area (Å²) >= 11 is 0. The quantitative estimate of drug-likeness (QED) is 0.490. The molecule has 0 aliphatic carbocycles. The lowest BCUT2D eigenvalue weighted by Gasteiger charge is -2.26. The third-order valence-corrected chi connectivity index (χ3v) is 4.96. The summed E-state index contributed by atoms with van der Waals surface area (Å²) in [6.07, 6.45) is 1.72. The molecule has 0 unspecified atom stereocenters. The minimum absolute atomic E-state index is 0.230. The van der Waals surface area contributed by atoms with Crippen LogP contribution in [0.3, 0.4) is 0 Å². The van der Waals surface area contributed by atoms with E-state index in [0.29, 0.717) is 5.58 Å². The summed E-state index contributed by atoms with van der Waals surface area (Å²) in [6, 6.07) is 24.2. The summed E-state index contributed by atoms with van der Waals surface area (Å²) in [5.74, 6) is 0.254. The van der Waals surface area contributed by atoms with Crippen LogP contribution in [0.2, 0.25) is 0 Å². The Bertz CT molecular complexity index is 1010. The number of phenolic OH excluding ortho intramolecular Hbond substituents is 1. The van der Waals surface area contributed by atoms with Gasteiger partial charge in [-0.05, 0) is 28.8 Å². The zero-order valence-corrected chi connectivity index (χ0v) is 14.4. The molecular weight excluding hydrogens is 308 g/mol. The molecule has 0 amide bonds. The van der Waals surface area contributed by atoms with Crippen LogP contribution in [0.4, 0.5) is 0 Å². The van der Waals surface area contributed by atoms with E-state index < -0.39 is 0 Å². The van der Waals surface area contributed by atoms with E-state index in [1.165, 1.54) is 5.56 Å². The third-order valence-electron chi connectivity index (χ3n) is 4.96. The van der Waals surface area contributed by atoms with Gasteiger partial charge in [0.05, 0.1) is 11.6 Å². The second-order valence-corrected chi connectivity index (χ2v) is 6.87. The first-order valence-corrected chi connectivity index (χ1v) is 8.43. The predicted octanol–water partition coefficient (Wildman–Crippen LogP) is 6.13. The Balaban J connectivity index is 1.87. The highest BCUT2D eigenvalue weighted by Crippen LogP contribution is 2.41. The lowest BCUT2D eigenvalue weighted by Crippen LogP contribution is -2.18. The zero-order valence-electron chi connectivity index (χ0n) is 14.4. The number of aromatic hydroxyl groups is 1. The summed E-state index contributed by atoms with van der Waals surface area (Å²) in [5, 5.41) is 11.5. The number of hydrogen-bond acceptors (Lipinski definition) is 2. The molecule has 0 aliphatic rings. The van der Waals surface area contributed by atoms with Crippen molar-refractivity contribution in [3.05, 3.63) is 90.2 Å². The van der Waals surface area contributed by atoms with E-state index in [9.17, 15) is 5.11 Å². The highest BCUT2D eigenvalue weighted by Gasteiger charge is 2.25. The normalized spacial score (nSPS) is 11.8. The van der Waals surface area contributed by atoms with Crippen LogP contribution in [0.25, 0.3) is 22.1 Å². The van der Waals surface area contributed by atoms with Crippen LogP contribution in [-0.2, 0) is 5.41 Å². The molecule has 0 aliphatic heterocycles. The van der Waals surface area contributed by atoms with Crippen molar-refractivity contribution in [3.8, 4) is 16.9 Å². The van der Waals surface area contributed by atoms with Gasteiger partial charge in [-0.1, -0.05) is 74.5 Å². The van der Waals surface area contributed by atoms with Gasteiger partial charge in [-0.3, -0.25) is 0 Å². The lowest BCUT2D eigenvalue weighted by molar-refractivity contribution is 0.478. The molecule has 0 atom stereocenters. The van der Waals surface area contributed by atoms with Gasteiger partial charge in [-0.2, -0.15) is 0 Å². The van der Waals surface area contributed by atoms with Crippen molar-refractivity contribution in [1.82, 2.24) is 0 Å². The molecule has 0 radical (unpaired) electrons. The topological polar surface area (TPSA) is 33.4 Å². The molecule has 0 saturated heterocycles. The number of furan rings is 1. The second kappa shape index (κ2) is 5.82. The first-order chi connectivity index (χ1) is 12.1. The van der Waals surface area contributed by atoms with Gasteiger partial charge < -0.3 is 9.52 Å². The molecule has 1 N–H and O–H groups in total. The first-order valence-electron chi connectivity index (χ1n) is 8.43. The van der Waals surface area contributed by atoms with Gasteiger partial charge in [0.15, 0.2) is 0 Å². The van der Waals surface area contributed by atoms with Gasteiger partial charge in [-0.15, -0.1) is 0 Å². The third kappa shape index (κ3) is 2.60. The fraction of sp³-hybridized carbons (Fsp3) is 0.130. The van der Waals surface area contributed by atoms with Gasteiger partial charge in [0.2, 0.25) is 0 Å². The van der Waals surface area contributed by atoms with E-state index in [2.05, 4.69) is 26.0 Å². The van der Waals surface area contributed by atoms with Gasteiger partial charge >= 0.3 is 0 Å². The van der Waals surface area contributed by atoms with Crippen LogP contribution in [0.15, 0.2) is 83.5 Å². The number of rotatable bonds is 3. The largest absolute Gasteiger partial charge is 0.507 e.